The van der Waals surface area contributed by atoms with Gasteiger partial charge < -0.3 is 24.0 Å². The van der Waals surface area contributed by atoms with E-state index in [9.17, 15) is 9.59 Å². The average Bonchev–Trinajstić information content (AvgIpc) is 2.88. The lowest BCUT2D eigenvalue weighted by atomic mass is 9.96. The van der Waals surface area contributed by atoms with Crippen LogP contribution in [0.15, 0.2) is 54.6 Å². The molecule has 7 heteroatoms. The van der Waals surface area contributed by atoms with Crippen molar-refractivity contribution >= 4 is 11.8 Å². The number of para-hydroxylation sites is 2. The van der Waals surface area contributed by atoms with Crippen LogP contribution >= 0.6 is 0 Å². The van der Waals surface area contributed by atoms with Crippen LogP contribution in [0.3, 0.4) is 0 Å². The molecule has 2 fully saturated rings. The Kier molecular flexibility index (Phi) is 8.06. The van der Waals surface area contributed by atoms with Crippen LogP contribution in [0.1, 0.15) is 31.2 Å². The Balaban J connectivity index is 1.44. The van der Waals surface area contributed by atoms with Crippen LogP contribution in [0.5, 0.6) is 11.5 Å². The molecule has 2 aliphatic rings. The van der Waals surface area contributed by atoms with Gasteiger partial charge in [0.05, 0.1) is 19.6 Å². The SMILES string of the molecule is Cc1ccccc1OCC(=O)N1CCOC(COc2ccccc2)(CC(=O)N2CCCCC2)C1. The minimum atomic E-state index is -0.902. The lowest BCUT2D eigenvalue weighted by Gasteiger charge is -2.43. The van der Waals surface area contributed by atoms with Gasteiger partial charge in [0.2, 0.25) is 5.91 Å². The number of likely N-dealkylation sites (tertiary alicyclic amines) is 1. The average molecular weight is 467 g/mol. The number of amides is 2. The van der Waals surface area contributed by atoms with Crippen molar-refractivity contribution < 1.29 is 23.8 Å². The van der Waals surface area contributed by atoms with Crippen molar-refractivity contribution in [1.29, 1.82) is 0 Å². The van der Waals surface area contributed by atoms with E-state index in [1.165, 1.54) is 0 Å². The topological polar surface area (TPSA) is 68.3 Å². The number of hydrogen-bond acceptors (Lipinski definition) is 5. The summed E-state index contributed by atoms with van der Waals surface area (Å²) in [6.07, 6.45) is 3.40. The third kappa shape index (κ3) is 6.29. The summed E-state index contributed by atoms with van der Waals surface area (Å²) in [5.74, 6) is 1.34. The molecule has 2 heterocycles. The first-order chi connectivity index (χ1) is 16.5. The number of piperidine rings is 1. The quantitative estimate of drug-likeness (QED) is 0.596. The van der Waals surface area contributed by atoms with Gasteiger partial charge in [0.25, 0.3) is 5.91 Å². The lowest BCUT2D eigenvalue weighted by molar-refractivity contribution is -0.167. The highest BCUT2D eigenvalue weighted by molar-refractivity contribution is 5.79. The Morgan fingerprint density at radius 2 is 1.62 bits per heavy atom. The highest BCUT2D eigenvalue weighted by Gasteiger charge is 2.42. The van der Waals surface area contributed by atoms with Crippen molar-refractivity contribution in [3.63, 3.8) is 0 Å². The first kappa shape index (κ1) is 24.1. The second kappa shape index (κ2) is 11.4. The molecule has 7 nitrogen and oxygen atoms in total. The molecule has 0 saturated carbocycles. The van der Waals surface area contributed by atoms with Crippen molar-refractivity contribution in [2.75, 3.05) is 46.0 Å². The molecule has 2 amide bonds. The molecule has 0 radical (unpaired) electrons. The van der Waals surface area contributed by atoms with Gasteiger partial charge >= 0.3 is 0 Å². The molecular weight excluding hydrogens is 432 g/mol. The summed E-state index contributed by atoms with van der Waals surface area (Å²) < 4.78 is 18.0. The first-order valence-corrected chi connectivity index (χ1v) is 12.1. The number of aryl methyl sites for hydroxylation is 1. The van der Waals surface area contributed by atoms with Crippen molar-refractivity contribution in [2.45, 2.75) is 38.2 Å². The van der Waals surface area contributed by atoms with Crippen LogP contribution in [-0.2, 0) is 14.3 Å². The number of hydrogen-bond donors (Lipinski definition) is 0. The van der Waals surface area contributed by atoms with E-state index in [-0.39, 0.29) is 38.0 Å². The second-order valence-electron chi connectivity index (χ2n) is 9.12. The molecule has 1 unspecified atom stereocenters. The zero-order valence-electron chi connectivity index (χ0n) is 19.9. The Morgan fingerprint density at radius 1 is 0.882 bits per heavy atom. The van der Waals surface area contributed by atoms with Crippen molar-refractivity contribution in [2.24, 2.45) is 0 Å². The molecule has 0 spiro atoms. The molecule has 0 aliphatic carbocycles. The van der Waals surface area contributed by atoms with Crippen molar-refractivity contribution in [1.82, 2.24) is 9.80 Å². The maximum Gasteiger partial charge on any atom is 0.260 e. The van der Waals surface area contributed by atoms with Crippen LogP contribution in [0, 0.1) is 6.92 Å². The van der Waals surface area contributed by atoms with E-state index in [4.69, 9.17) is 14.2 Å². The molecule has 1 atom stereocenters. The van der Waals surface area contributed by atoms with Gasteiger partial charge in [-0.3, -0.25) is 9.59 Å². The summed E-state index contributed by atoms with van der Waals surface area (Å²) in [6, 6.07) is 17.1. The summed E-state index contributed by atoms with van der Waals surface area (Å²) in [4.78, 5) is 29.9. The molecule has 0 bridgehead atoms. The largest absolute Gasteiger partial charge is 0.490 e. The van der Waals surface area contributed by atoms with Crippen molar-refractivity contribution in [3.8, 4) is 11.5 Å². The van der Waals surface area contributed by atoms with Gasteiger partial charge in [-0.1, -0.05) is 36.4 Å². The van der Waals surface area contributed by atoms with E-state index in [0.29, 0.717) is 24.7 Å². The Morgan fingerprint density at radius 3 is 2.38 bits per heavy atom. The monoisotopic (exact) mass is 466 g/mol. The number of carbonyl (C=O) groups is 2. The normalized spacial score (nSPS) is 20.6. The van der Waals surface area contributed by atoms with Crippen LogP contribution < -0.4 is 9.47 Å². The zero-order chi connectivity index (χ0) is 23.8. The van der Waals surface area contributed by atoms with Gasteiger partial charge in [0, 0.05) is 19.6 Å². The summed E-state index contributed by atoms with van der Waals surface area (Å²) in [7, 11) is 0. The Labute approximate surface area is 201 Å². The van der Waals surface area contributed by atoms with E-state index in [0.717, 1.165) is 37.9 Å². The molecule has 34 heavy (non-hydrogen) atoms. The summed E-state index contributed by atoms with van der Waals surface area (Å²) >= 11 is 0. The first-order valence-electron chi connectivity index (χ1n) is 12.1. The van der Waals surface area contributed by atoms with Gasteiger partial charge in [-0.15, -0.1) is 0 Å². The number of carbonyl (C=O) groups excluding carboxylic acids is 2. The second-order valence-corrected chi connectivity index (χ2v) is 9.12. The molecular formula is C27H34N2O5. The molecule has 2 aliphatic heterocycles. The Hall–Kier alpha value is -3.06. The molecule has 182 valence electrons. The van der Waals surface area contributed by atoms with E-state index < -0.39 is 5.60 Å². The van der Waals surface area contributed by atoms with Gasteiger partial charge in [0.15, 0.2) is 6.61 Å². The zero-order valence-corrected chi connectivity index (χ0v) is 19.9. The predicted octanol–water partition coefficient (Wildman–Crippen LogP) is 3.45. The van der Waals surface area contributed by atoms with E-state index >= 15 is 0 Å². The molecule has 2 saturated heterocycles. The molecule has 4 rings (SSSR count). The molecule has 0 N–H and O–H groups in total. The maximum atomic E-state index is 13.2. The van der Waals surface area contributed by atoms with Crippen LogP contribution in [0.25, 0.3) is 0 Å². The fourth-order valence-electron chi connectivity index (χ4n) is 4.51. The minimum absolute atomic E-state index is 0.0550. The van der Waals surface area contributed by atoms with Crippen molar-refractivity contribution in [3.05, 3.63) is 60.2 Å². The van der Waals surface area contributed by atoms with E-state index in [1.807, 2.05) is 66.4 Å². The fraction of sp³-hybridized carbons (Fsp3) is 0.481. The van der Waals surface area contributed by atoms with E-state index in [1.54, 1.807) is 4.90 Å². The van der Waals surface area contributed by atoms with Crippen LogP contribution in [0.2, 0.25) is 0 Å². The summed E-state index contributed by atoms with van der Waals surface area (Å²) in [5.41, 5.74) is 0.0797. The smallest absolute Gasteiger partial charge is 0.260 e. The maximum absolute atomic E-state index is 13.2. The molecule has 2 aromatic carbocycles. The Bertz CT molecular complexity index is 961. The molecule has 2 aromatic rings. The summed E-state index contributed by atoms with van der Waals surface area (Å²) in [5, 5.41) is 0. The van der Waals surface area contributed by atoms with Gasteiger partial charge in [-0.2, -0.15) is 0 Å². The fourth-order valence-corrected chi connectivity index (χ4v) is 4.51. The number of benzene rings is 2. The summed E-state index contributed by atoms with van der Waals surface area (Å²) in [6.45, 7) is 4.74. The van der Waals surface area contributed by atoms with Crippen LogP contribution in [-0.4, -0.2) is 73.2 Å². The number of morpholine rings is 1. The van der Waals surface area contributed by atoms with Gasteiger partial charge in [-0.25, -0.2) is 0 Å². The van der Waals surface area contributed by atoms with Gasteiger partial charge in [0.1, 0.15) is 23.7 Å². The third-order valence-electron chi connectivity index (χ3n) is 6.47. The number of rotatable bonds is 8. The lowest BCUT2D eigenvalue weighted by Crippen LogP contribution is -2.59. The van der Waals surface area contributed by atoms with E-state index in [2.05, 4.69) is 0 Å². The number of nitrogens with zero attached hydrogens (tertiary/aromatic N) is 2. The third-order valence-corrected chi connectivity index (χ3v) is 6.47. The highest BCUT2D eigenvalue weighted by atomic mass is 16.5. The molecule has 0 aromatic heterocycles. The minimum Gasteiger partial charge on any atom is -0.490 e. The highest BCUT2D eigenvalue weighted by Crippen LogP contribution is 2.27. The predicted molar refractivity (Wildman–Crippen MR) is 129 cm³/mol. The standard InChI is InChI=1S/C27H34N2O5/c1-22-10-6-7-13-24(22)32-19-26(31)29-16-17-34-27(20-29,21-33-23-11-4-2-5-12-23)18-25(30)28-14-8-3-9-15-28/h2,4-7,10-13H,3,8-9,14-21H2,1H3. The van der Waals surface area contributed by atoms with Crippen LogP contribution in [0.4, 0.5) is 0 Å². The number of ether oxygens (including phenoxy) is 3. The van der Waals surface area contributed by atoms with Gasteiger partial charge in [-0.05, 0) is 49.9 Å².